The predicted molar refractivity (Wildman–Crippen MR) is 65.9 cm³/mol. The quantitative estimate of drug-likeness (QED) is 0.750. The maximum atomic E-state index is 12.0. The van der Waals surface area contributed by atoms with Crippen molar-refractivity contribution in [2.45, 2.75) is 38.6 Å². The molecule has 0 aliphatic carbocycles. The van der Waals surface area contributed by atoms with E-state index in [0.29, 0.717) is 6.54 Å². The Hall–Kier alpha value is -0.220. The number of thioether (sulfide) groups is 1. The van der Waals surface area contributed by atoms with E-state index < -0.39 is 0 Å². The van der Waals surface area contributed by atoms with Crippen LogP contribution in [0.5, 0.6) is 0 Å². The molecular formula is C11H22N2OS. The van der Waals surface area contributed by atoms with Crippen LogP contribution >= 0.6 is 11.8 Å². The Balaban J connectivity index is 2.53. The van der Waals surface area contributed by atoms with E-state index in [1.165, 1.54) is 0 Å². The second kappa shape index (κ2) is 5.75. The fraction of sp³-hybridized carbons (Fsp3) is 0.909. The molecule has 0 aromatic rings. The number of carbonyl (C=O) groups is 1. The fourth-order valence-electron chi connectivity index (χ4n) is 1.87. The summed E-state index contributed by atoms with van der Waals surface area (Å²) in [6, 6.07) is 0. The van der Waals surface area contributed by atoms with E-state index >= 15 is 0 Å². The minimum absolute atomic E-state index is 0.176. The Bertz CT molecular complexity index is 202. The molecule has 0 radical (unpaired) electrons. The molecule has 0 bridgehead atoms. The topological polar surface area (TPSA) is 55.1 Å². The van der Waals surface area contributed by atoms with Crippen LogP contribution in [-0.2, 0) is 4.79 Å². The summed E-state index contributed by atoms with van der Waals surface area (Å²) in [6.07, 6.45) is 2.84. The summed E-state index contributed by atoms with van der Waals surface area (Å²) >= 11 is 1.87. The van der Waals surface area contributed by atoms with Crippen molar-refractivity contribution in [1.82, 2.24) is 5.32 Å². The summed E-state index contributed by atoms with van der Waals surface area (Å²) < 4.78 is 0. The molecule has 1 aliphatic rings. The number of rotatable bonds is 5. The lowest BCUT2D eigenvalue weighted by molar-refractivity contribution is -0.126. The summed E-state index contributed by atoms with van der Waals surface area (Å²) in [5.74, 6) is 2.50. The number of hydrogen-bond acceptors (Lipinski definition) is 3. The third-order valence-electron chi connectivity index (χ3n) is 3.43. The van der Waals surface area contributed by atoms with Gasteiger partial charge in [-0.1, -0.05) is 13.8 Å². The Labute approximate surface area is 96.6 Å². The van der Waals surface area contributed by atoms with Crippen LogP contribution in [0.15, 0.2) is 0 Å². The number of nitrogens with two attached hydrogens (primary N) is 1. The molecule has 1 rings (SSSR count). The molecule has 1 unspecified atom stereocenters. The number of carbonyl (C=O) groups excluding carboxylic acids is 1. The average Bonchev–Trinajstić information content (AvgIpc) is 2.79. The van der Waals surface area contributed by atoms with E-state index in [1.54, 1.807) is 0 Å². The van der Waals surface area contributed by atoms with Crippen molar-refractivity contribution in [3.8, 4) is 0 Å². The first kappa shape index (κ1) is 12.8. The molecule has 0 aromatic heterocycles. The van der Waals surface area contributed by atoms with Crippen LogP contribution in [0.2, 0.25) is 0 Å². The molecule has 1 atom stereocenters. The molecule has 15 heavy (non-hydrogen) atoms. The first-order chi connectivity index (χ1) is 7.17. The minimum atomic E-state index is -0.176. The highest BCUT2D eigenvalue weighted by Crippen LogP contribution is 2.24. The Morgan fingerprint density at radius 3 is 2.60 bits per heavy atom. The zero-order valence-corrected chi connectivity index (χ0v) is 10.5. The average molecular weight is 230 g/mol. The third-order valence-corrected chi connectivity index (χ3v) is 4.60. The first-order valence-corrected chi connectivity index (χ1v) is 6.92. The normalized spacial score (nSPS) is 21.7. The van der Waals surface area contributed by atoms with Crippen molar-refractivity contribution in [2.75, 3.05) is 18.1 Å². The molecule has 1 fully saturated rings. The van der Waals surface area contributed by atoms with Gasteiger partial charge in [-0.15, -0.1) is 0 Å². The molecular weight excluding hydrogens is 208 g/mol. The molecule has 0 aromatic carbocycles. The Morgan fingerprint density at radius 2 is 2.20 bits per heavy atom. The molecule has 1 aliphatic heterocycles. The zero-order chi connectivity index (χ0) is 11.3. The molecule has 1 saturated heterocycles. The number of hydrogen-bond donors (Lipinski definition) is 2. The summed E-state index contributed by atoms with van der Waals surface area (Å²) in [4.78, 5) is 12.0. The van der Waals surface area contributed by atoms with Gasteiger partial charge < -0.3 is 11.1 Å². The van der Waals surface area contributed by atoms with Crippen molar-refractivity contribution in [3.63, 3.8) is 0 Å². The van der Waals surface area contributed by atoms with Gasteiger partial charge in [0.2, 0.25) is 5.91 Å². The van der Waals surface area contributed by atoms with Gasteiger partial charge in [-0.05, 0) is 25.0 Å². The lowest BCUT2D eigenvalue weighted by Gasteiger charge is -2.32. The summed E-state index contributed by atoms with van der Waals surface area (Å²) in [5.41, 5.74) is 5.58. The fourth-order valence-corrected chi connectivity index (χ4v) is 3.09. The van der Waals surface area contributed by atoms with Gasteiger partial charge in [0.05, 0.1) is 5.54 Å². The van der Waals surface area contributed by atoms with Gasteiger partial charge in [0, 0.05) is 18.2 Å². The van der Waals surface area contributed by atoms with Crippen LogP contribution in [0.1, 0.15) is 33.1 Å². The van der Waals surface area contributed by atoms with Crippen LogP contribution in [0.4, 0.5) is 0 Å². The van der Waals surface area contributed by atoms with Crippen molar-refractivity contribution in [3.05, 3.63) is 0 Å². The van der Waals surface area contributed by atoms with Crippen molar-refractivity contribution in [1.29, 1.82) is 0 Å². The molecule has 3 N–H and O–H groups in total. The highest BCUT2D eigenvalue weighted by molar-refractivity contribution is 7.99. The highest BCUT2D eigenvalue weighted by atomic mass is 32.2. The van der Waals surface area contributed by atoms with Gasteiger partial charge in [0.1, 0.15) is 0 Å². The molecule has 1 amide bonds. The van der Waals surface area contributed by atoms with E-state index in [1.807, 2.05) is 11.8 Å². The van der Waals surface area contributed by atoms with Crippen molar-refractivity contribution >= 4 is 17.7 Å². The Morgan fingerprint density at radius 1 is 1.53 bits per heavy atom. The zero-order valence-electron chi connectivity index (χ0n) is 9.71. The number of nitrogens with one attached hydrogen (secondary N) is 1. The van der Waals surface area contributed by atoms with E-state index in [4.69, 9.17) is 5.73 Å². The van der Waals surface area contributed by atoms with E-state index in [2.05, 4.69) is 19.2 Å². The van der Waals surface area contributed by atoms with Crippen LogP contribution < -0.4 is 11.1 Å². The summed E-state index contributed by atoms with van der Waals surface area (Å²) in [6.45, 7) is 4.70. The molecule has 1 heterocycles. The van der Waals surface area contributed by atoms with Crippen molar-refractivity contribution in [2.24, 2.45) is 11.7 Å². The van der Waals surface area contributed by atoms with Gasteiger partial charge in [-0.3, -0.25) is 4.79 Å². The van der Waals surface area contributed by atoms with Crippen LogP contribution in [0.3, 0.4) is 0 Å². The monoisotopic (exact) mass is 230 g/mol. The highest BCUT2D eigenvalue weighted by Gasteiger charge is 2.31. The van der Waals surface area contributed by atoms with E-state index in [0.717, 1.165) is 30.8 Å². The standard InChI is InChI=1S/C11H22N2OS/c1-3-11(4-2,8-12)13-10(14)9-5-6-15-7-9/h9H,3-8,12H2,1-2H3,(H,13,14). The van der Waals surface area contributed by atoms with Crippen LogP contribution in [-0.4, -0.2) is 29.5 Å². The third kappa shape index (κ3) is 3.11. The number of amides is 1. The van der Waals surface area contributed by atoms with Gasteiger partial charge in [0.15, 0.2) is 0 Å². The summed E-state index contributed by atoms with van der Waals surface area (Å²) in [7, 11) is 0. The minimum Gasteiger partial charge on any atom is -0.349 e. The smallest absolute Gasteiger partial charge is 0.224 e. The molecule has 4 heteroatoms. The SMILES string of the molecule is CCC(CC)(CN)NC(=O)C1CCSC1. The van der Waals surface area contributed by atoms with Gasteiger partial charge >= 0.3 is 0 Å². The Kier molecular flexibility index (Phi) is 4.93. The lowest BCUT2D eigenvalue weighted by atomic mass is 9.92. The van der Waals surface area contributed by atoms with E-state index in [-0.39, 0.29) is 17.4 Å². The maximum absolute atomic E-state index is 12.0. The van der Waals surface area contributed by atoms with Crippen molar-refractivity contribution < 1.29 is 4.79 Å². The van der Waals surface area contributed by atoms with Gasteiger partial charge in [-0.25, -0.2) is 0 Å². The lowest BCUT2D eigenvalue weighted by Crippen LogP contribution is -2.54. The molecule has 3 nitrogen and oxygen atoms in total. The van der Waals surface area contributed by atoms with Gasteiger partial charge in [0.25, 0.3) is 0 Å². The largest absolute Gasteiger partial charge is 0.349 e. The second-order valence-corrected chi connectivity index (χ2v) is 5.39. The van der Waals surface area contributed by atoms with Gasteiger partial charge in [-0.2, -0.15) is 11.8 Å². The molecule has 0 saturated carbocycles. The van der Waals surface area contributed by atoms with E-state index in [9.17, 15) is 4.79 Å². The summed E-state index contributed by atoms with van der Waals surface area (Å²) in [5, 5.41) is 3.14. The molecule has 0 spiro atoms. The second-order valence-electron chi connectivity index (χ2n) is 4.24. The maximum Gasteiger partial charge on any atom is 0.224 e. The predicted octanol–water partition coefficient (Wildman–Crippen LogP) is 1.37. The first-order valence-electron chi connectivity index (χ1n) is 5.77. The van der Waals surface area contributed by atoms with Crippen LogP contribution in [0, 0.1) is 5.92 Å². The molecule has 88 valence electrons. The van der Waals surface area contributed by atoms with Crippen LogP contribution in [0.25, 0.3) is 0 Å².